The maximum Gasteiger partial charge on any atom is 0.338 e. The number of carboxylic acid groups (broad SMARTS) is 1. The van der Waals surface area contributed by atoms with Crippen molar-refractivity contribution in [3.8, 4) is 5.88 Å². The number of hydrogen-bond donors (Lipinski definition) is 1. The van der Waals surface area contributed by atoms with Gasteiger partial charge in [0, 0.05) is 17.3 Å². The first-order chi connectivity index (χ1) is 15.3. The zero-order chi connectivity index (χ0) is 22.8. The molecule has 2 aromatic carbocycles. The predicted molar refractivity (Wildman–Crippen MR) is 114 cm³/mol. The highest BCUT2D eigenvalue weighted by Gasteiger charge is 2.23. The molecule has 0 bridgehead atoms. The van der Waals surface area contributed by atoms with Crippen molar-refractivity contribution in [1.82, 2.24) is 4.98 Å². The Morgan fingerprint density at radius 1 is 1.03 bits per heavy atom. The van der Waals surface area contributed by atoms with E-state index in [4.69, 9.17) is 16.3 Å². The number of ether oxygens (including phenoxy) is 1. The SMILES string of the molecule is O=C(O)c1cc(C2=C(c3cc(Cl)cnc3OCc3cc(F)ccc3F)CCC2)ccc1F. The van der Waals surface area contributed by atoms with Gasteiger partial charge in [0.25, 0.3) is 0 Å². The fourth-order valence-electron chi connectivity index (χ4n) is 3.79. The summed E-state index contributed by atoms with van der Waals surface area (Å²) in [6.45, 7) is -0.243. The number of benzene rings is 2. The van der Waals surface area contributed by atoms with Crippen LogP contribution in [0, 0.1) is 17.5 Å². The van der Waals surface area contributed by atoms with Gasteiger partial charge in [-0.25, -0.2) is 22.9 Å². The number of allylic oxidation sites excluding steroid dienone is 2. The van der Waals surface area contributed by atoms with Gasteiger partial charge in [0.2, 0.25) is 5.88 Å². The summed E-state index contributed by atoms with van der Waals surface area (Å²) in [6.07, 6.45) is 3.46. The molecule has 4 nitrogen and oxygen atoms in total. The van der Waals surface area contributed by atoms with E-state index in [1.807, 2.05) is 0 Å². The van der Waals surface area contributed by atoms with Gasteiger partial charge in [0.1, 0.15) is 24.1 Å². The first-order valence-electron chi connectivity index (χ1n) is 9.81. The van der Waals surface area contributed by atoms with E-state index >= 15 is 0 Å². The molecule has 1 aliphatic carbocycles. The lowest BCUT2D eigenvalue weighted by atomic mass is 9.96. The smallest absolute Gasteiger partial charge is 0.338 e. The molecule has 164 valence electrons. The van der Waals surface area contributed by atoms with Gasteiger partial charge in [0.15, 0.2) is 0 Å². The summed E-state index contributed by atoms with van der Waals surface area (Å²) in [4.78, 5) is 15.6. The van der Waals surface area contributed by atoms with Crippen molar-refractivity contribution in [1.29, 1.82) is 0 Å². The van der Waals surface area contributed by atoms with Crippen LogP contribution in [-0.4, -0.2) is 16.1 Å². The van der Waals surface area contributed by atoms with Gasteiger partial charge < -0.3 is 9.84 Å². The lowest BCUT2D eigenvalue weighted by Gasteiger charge is -2.14. The lowest BCUT2D eigenvalue weighted by molar-refractivity contribution is 0.0692. The van der Waals surface area contributed by atoms with Crippen LogP contribution < -0.4 is 4.74 Å². The molecule has 1 aromatic heterocycles. The first-order valence-corrected chi connectivity index (χ1v) is 10.2. The van der Waals surface area contributed by atoms with Gasteiger partial charge in [-0.3, -0.25) is 0 Å². The Kier molecular flexibility index (Phi) is 6.19. The number of rotatable bonds is 6. The van der Waals surface area contributed by atoms with E-state index in [0.717, 1.165) is 41.8 Å². The van der Waals surface area contributed by atoms with Crippen LogP contribution in [-0.2, 0) is 6.61 Å². The number of hydrogen-bond acceptors (Lipinski definition) is 3. The van der Waals surface area contributed by atoms with E-state index in [2.05, 4.69) is 4.98 Å². The summed E-state index contributed by atoms with van der Waals surface area (Å²) in [5.74, 6) is -3.16. The van der Waals surface area contributed by atoms with Gasteiger partial charge in [-0.15, -0.1) is 0 Å². The maximum atomic E-state index is 14.0. The highest BCUT2D eigenvalue weighted by Crippen LogP contribution is 2.43. The molecule has 0 aliphatic heterocycles. The highest BCUT2D eigenvalue weighted by atomic mass is 35.5. The van der Waals surface area contributed by atoms with Crippen molar-refractivity contribution in [3.05, 3.63) is 93.4 Å². The summed E-state index contributed by atoms with van der Waals surface area (Å²) < 4.78 is 47.0. The average molecular weight is 460 g/mol. The van der Waals surface area contributed by atoms with Gasteiger partial charge >= 0.3 is 5.97 Å². The topological polar surface area (TPSA) is 59.4 Å². The third-order valence-corrected chi connectivity index (χ3v) is 5.48. The van der Waals surface area contributed by atoms with Crippen molar-refractivity contribution >= 4 is 28.7 Å². The van der Waals surface area contributed by atoms with Crippen molar-refractivity contribution in [2.75, 3.05) is 0 Å². The molecule has 0 spiro atoms. The molecule has 1 N–H and O–H groups in total. The average Bonchev–Trinajstić information content (AvgIpc) is 3.25. The molecule has 1 heterocycles. The number of carboxylic acids is 1. The third-order valence-electron chi connectivity index (χ3n) is 5.28. The number of nitrogens with zero attached hydrogens (tertiary/aromatic N) is 1. The van der Waals surface area contributed by atoms with E-state index in [1.165, 1.54) is 18.3 Å². The molecule has 0 radical (unpaired) electrons. The van der Waals surface area contributed by atoms with Crippen LogP contribution in [0.25, 0.3) is 11.1 Å². The summed E-state index contributed by atoms with van der Waals surface area (Å²) in [7, 11) is 0. The van der Waals surface area contributed by atoms with E-state index in [9.17, 15) is 23.1 Å². The Hall–Kier alpha value is -3.32. The summed E-state index contributed by atoms with van der Waals surface area (Å²) in [6, 6.07) is 8.72. The second kappa shape index (κ2) is 9.04. The second-order valence-electron chi connectivity index (χ2n) is 7.34. The Morgan fingerprint density at radius 3 is 2.56 bits per heavy atom. The van der Waals surface area contributed by atoms with Gasteiger partial charge in [-0.1, -0.05) is 17.7 Å². The van der Waals surface area contributed by atoms with Crippen molar-refractivity contribution in [3.63, 3.8) is 0 Å². The third kappa shape index (κ3) is 4.48. The van der Waals surface area contributed by atoms with Crippen LogP contribution in [0.4, 0.5) is 13.2 Å². The van der Waals surface area contributed by atoms with Crippen LogP contribution in [0.1, 0.15) is 46.3 Å². The lowest BCUT2D eigenvalue weighted by Crippen LogP contribution is -2.04. The number of aromatic carboxylic acids is 1. The van der Waals surface area contributed by atoms with Crippen molar-refractivity contribution < 1.29 is 27.8 Å². The molecular weight excluding hydrogens is 443 g/mol. The Labute approximate surface area is 186 Å². The molecule has 32 heavy (non-hydrogen) atoms. The van der Waals surface area contributed by atoms with Crippen LogP contribution in [0.5, 0.6) is 5.88 Å². The van der Waals surface area contributed by atoms with Crippen LogP contribution in [0.15, 0.2) is 48.7 Å². The summed E-state index contributed by atoms with van der Waals surface area (Å²) in [5.41, 5.74) is 2.44. The standard InChI is InChI=1S/C24H17ClF3NO3/c25-15-10-19(23(29-11-15)32-12-14-8-16(26)5-7-21(14)27)18-3-1-2-17(18)13-4-6-22(28)20(9-13)24(30)31/h4-11H,1-3,12H2,(H,30,31). The zero-order valence-electron chi connectivity index (χ0n) is 16.7. The molecule has 0 fully saturated rings. The fraction of sp³-hybridized carbons (Fsp3) is 0.167. The van der Waals surface area contributed by atoms with Crippen LogP contribution in [0.3, 0.4) is 0 Å². The summed E-state index contributed by atoms with van der Waals surface area (Å²) >= 11 is 6.16. The van der Waals surface area contributed by atoms with Crippen LogP contribution >= 0.6 is 11.6 Å². The maximum absolute atomic E-state index is 14.0. The molecular formula is C24H17ClF3NO3. The van der Waals surface area contributed by atoms with E-state index in [-0.39, 0.29) is 18.1 Å². The normalized spacial score (nSPS) is 13.5. The number of carbonyl (C=O) groups is 1. The number of halogens is 4. The number of aromatic nitrogens is 1. The quantitative estimate of drug-likeness (QED) is 0.455. The molecule has 0 atom stereocenters. The molecule has 3 aromatic rings. The van der Waals surface area contributed by atoms with E-state index in [1.54, 1.807) is 6.07 Å². The van der Waals surface area contributed by atoms with E-state index < -0.39 is 29.0 Å². The molecule has 0 saturated carbocycles. The minimum atomic E-state index is -1.35. The molecule has 0 saturated heterocycles. The first kappa shape index (κ1) is 21.9. The Morgan fingerprint density at radius 2 is 1.78 bits per heavy atom. The Balaban J connectivity index is 1.74. The molecule has 8 heteroatoms. The van der Waals surface area contributed by atoms with Crippen LogP contribution in [0.2, 0.25) is 5.02 Å². The van der Waals surface area contributed by atoms with Gasteiger partial charge in [0.05, 0.1) is 10.6 Å². The molecule has 1 aliphatic rings. The molecule has 0 unspecified atom stereocenters. The van der Waals surface area contributed by atoms with Crippen molar-refractivity contribution in [2.24, 2.45) is 0 Å². The Bertz CT molecular complexity index is 1240. The van der Waals surface area contributed by atoms with E-state index in [0.29, 0.717) is 29.0 Å². The van der Waals surface area contributed by atoms with Gasteiger partial charge in [-0.2, -0.15) is 0 Å². The largest absolute Gasteiger partial charge is 0.478 e. The molecule has 0 amide bonds. The van der Waals surface area contributed by atoms with Crippen molar-refractivity contribution in [2.45, 2.75) is 25.9 Å². The predicted octanol–water partition coefficient (Wildman–Crippen LogP) is 6.52. The fourth-order valence-corrected chi connectivity index (χ4v) is 3.95. The minimum absolute atomic E-state index is 0.0398. The second-order valence-corrected chi connectivity index (χ2v) is 7.78. The zero-order valence-corrected chi connectivity index (χ0v) is 17.4. The highest BCUT2D eigenvalue weighted by molar-refractivity contribution is 6.30. The van der Waals surface area contributed by atoms with Gasteiger partial charge in [-0.05, 0) is 72.4 Å². The minimum Gasteiger partial charge on any atom is -0.478 e. The monoisotopic (exact) mass is 459 g/mol. The summed E-state index contributed by atoms with van der Waals surface area (Å²) in [5, 5.41) is 9.61. The molecule has 4 rings (SSSR count). The number of pyridine rings is 1.